The Bertz CT molecular complexity index is 1400. The maximum absolute atomic E-state index is 13.8. The van der Waals surface area contributed by atoms with Crippen molar-refractivity contribution in [3.63, 3.8) is 0 Å². The van der Waals surface area contributed by atoms with Crippen molar-refractivity contribution in [3.05, 3.63) is 69.9 Å². The lowest BCUT2D eigenvalue weighted by Crippen LogP contribution is -2.28. The van der Waals surface area contributed by atoms with E-state index in [1.165, 1.54) is 11.6 Å². The van der Waals surface area contributed by atoms with Crippen molar-refractivity contribution in [2.75, 3.05) is 39.5 Å². The fourth-order valence-electron chi connectivity index (χ4n) is 4.54. The first-order chi connectivity index (χ1) is 20.7. The summed E-state index contributed by atoms with van der Waals surface area (Å²) in [5.74, 6) is 1.31. The second-order valence-electron chi connectivity index (χ2n) is 11.4. The van der Waals surface area contributed by atoms with Gasteiger partial charge in [-0.15, -0.1) is 0 Å². The third-order valence-electron chi connectivity index (χ3n) is 7.03. The van der Waals surface area contributed by atoms with Gasteiger partial charge in [-0.1, -0.05) is 37.8 Å². The number of benzene rings is 2. The van der Waals surface area contributed by atoms with E-state index in [4.69, 9.17) is 18.6 Å². The number of hydrogen-bond acceptors (Lipinski definition) is 7. The summed E-state index contributed by atoms with van der Waals surface area (Å²) in [5.41, 5.74) is 2.79. The molecule has 0 aliphatic carbocycles. The normalized spacial score (nSPS) is 11.0. The van der Waals surface area contributed by atoms with Crippen LogP contribution in [0.4, 0.5) is 0 Å². The number of rotatable bonds is 18. The number of phenolic OH excluding ortho intramolecular Hbond substituents is 1. The van der Waals surface area contributed by atoms with Crippen molar-refractivity contribution in [2.45, 2.75) is 73.6 Å². The van der Waals surface area contributed by atoms with Crippen LogP contribution in [0.25, 0.3) is 22.3 Å². The zero-order valence-electron chi connectivity index (χ0n) is 26.8. The van der Waals surface area contributed by atoms with Crippen LogP contribution in [0.15, 0.2) is 68.9 Å². The minimum absolute atomic E-state index is 0.0718. The standard InChI is InChI=1S/C36H49NO6/c1-7-9-18-37(19-10-8-2)20-11-21-42-36-34(39)33-31(38)24-30(41-23-17-27(5)6)25-32(33)43-35(36)28-12-14-29(15-13-28)40-22-16-26(3)4/h12-17,24-25,38H,7-11,18-23H2,1-6H3. The molecule has 3 rings (SSSR count). The predicted octanol–water partition coefficient (Wildman–Crippen LogP) is 8.53. The Balaban J connectivity index is 1.93. The lowest BCUT2D eigenvalue weighted by molar-refractivity contribution is 0.227. The van der Waals surface area contributed by atoms with Crippen LogP contribution in [0, 0.1) is 0 Å². The summed E-state index contributed by atoms with van der Waals surface area (Å²) in [6.45, 7) is 16.6. The van der Waals surface area contributed by atoms with E-state index in [2.05, 4.69) is 18.7 Å². The molecule has 0 saturated carbocycles. The van der Waals surface area contributed by atoms with Crippen molar-refractivity contribution in [2.24, 2.45) is 0 Å². The molecule has 0 spiro atoms. The fraction of sp³-hybridized carbons (Fsp3) is 0.472. The number of hydrogen-bond donors (Lipinski definition) is 1. The van der Waals surface area contributed by atoms with Crippen LogP contribution in [0.2, 0.25) is 0 Å². The van der Waals surface area contributed by atoms with Crippen molar-refractivity contribution in [3.8, 4) is 34.3 Å². The Morgan fingerprint density at radius 3 is 1.98 bits per heavy atom. The third-order valence-corrected chi connectivity index (χ3v) is 7.03. The summed E-state index contributed by atoms with van der Waals surface area (Å²) in [4.78, 5) is 16.3. The van der Waals surface area contributed by atoms with Gasteiger partial charge in [-0.25, -0.2) is 0 Å². The van der Waals surface area contributed by atoms with E-state index in [9.17, 15) is 9.90 Å². The largest absolute Gasteiger partial charge is 0.507 e. The molecule has 0 bridgehead atoms. The van der Waals surface area contributed by atoms with E-state index in [0.717, 1.165) is 57.3 Å². The average molecular weight is 592 g/mol. The molecule has 1 aromatic heterocycles. The summed E-state index contributed by atoms with van der Waals surface area (Å²) >= 11 is 0. The highest BCUT2D eigenvalue weighted by Crippen LogP contribution is 2.36. The highest BCUT2D eigenvalue weighted by Gasteiger charge is 2.21. The van der Waals surface area contributed by atoms with Gasteiger partial charge in [0, 0.05) is 24.2 Å². The molecule has 0 fully saturated rings. The highest BCUT2D eigenvalue weighted by molar-refractivity contribution is 5.88. The quantitative estimate of drug-likeness (QED) is 0.117. The van der Waals surface area contributed by atoms with E-state index in [1.807, 2.05) is 64.1 Å². The summed E-state index contributed by atoms with van der Waals surface area (Å²) in [6.07, 6.45) is 9.36. The molecule has 7 nitrogen and oxygen atoms in total. The molecule has 0 aliphatic heterocycles. The second kappa shape index (κ2) is 17.4. The zero-order valence-corrected chi connectivity index (χ0v) is 26.8. The number of aromatic hydroxyl groups is 1. The van der Waals surface area contributed by atoms with Crippen LogP contribution >= 0.6 is 0 Å². The Hall–Kier alpha value is -3.71. The van der Waals surface area contributed by atoms with E-state index in [-0.39, 0.29) is 22.5 Å². The van der Waals surface area contributed by atoms with Gasteiger partial charge in [-0.05, 0) is 96.5 Å². The van der Waals surface area contributed by atoms with E-state index >= 15 is 0 Å². The van der Waals surface area contributed by atoms with Crippen LogP contribution < -0.4 is 19.6 Å². The first kappa shape index (κ1) is 33.8. The van der Waals surface area contributed by atoms with Crippen molar-refractivity contribution in [1.29, 1.82) is 0 Å². The van der Waals surface area contributed by atoms with Crippen molar-refractivity contribution in [1.82, 2.24) is 4.90 Å². The van der Waals surface area contributed by atoms with Gasteiger partial charge in [-0.3, -0.25) is 4.79 Å². The van der Waals surface area contributed by atoms with Crippen molar-refractivity contribution >= 4 is 11.0 Å². The van der Waals surface area contributed by atoms with Crippen LogP contribution in [-0.2, 0) is 0 Å². The SMILES string of the molecule is CCCCN(CCCC)CCCOc1c(-c2ccc(OCC=C(C)C)cc2)oc2cc(OCC=C(C)C)cc(O)c2c1=O. The van der Waals surface area contributed by atoms with Gasteiger partial charge < -0.3 is 28.6 Å². The zero-order chi connectivity index (χ0) is 31.2. The Labute approximate surface area is 256 Å². The van der Waals surface area contributed by atoms with Crippen molar-refractivity contribution < 1.29 is 23.7 Å². The lowest BCUT2D eigenvalue weighted by atomic mass is 10.1. The smallest absolute Gasteiger partial charge is 0.239 e. The Kier molecular flexibility index (Phi) is 13.7. The summed E-state index contributed by atoms with van der Waals surface area (Å²) < 4.78 is 24.1. The summed E-state index contributed by atoms with van der Waals surface area (Å²) in [5, 5.41) is 10.9. The molecule has 0 unspecified atom stereocenters. The molecule has 2 aromatic carbocycles. The molecule has 7 heteroatoms. The van der Waals surface area contributed by atoms with Crippen LogP contribution in [0.5, 0.6) is 23.0 Å². The van der Waals surface area contributed by atoms with Gasteiger partial charge in [-0.2, -0.15) is 0 Å². The predicted molar refractivity (Wildman–Crippen MR) is 176 cm³/mol. The summed E-state index contributed by atoms with van der Waals surface area (Å²) in [7, 11) is 0. The van der Waals surface area contributed by atoms with Gasteiger partial charge in [0.1, 0.15) is 41.4 Å². The number of ether oxygens (including phenoxy) is 3. The molecule has 0 atom stereocenters. The first-order valence-corrected chi connectivity index (χ1v) is 15.5. The highest BCUT2D eigenvalue weighted by atomic mass is 16.5. The Morgan fingerprint density at radius 1 is 0.814 bits per heavy atom. The maximum Gasteiger partial charge on any atom is 0.239 e. The number of nitrogens with zero attached hydrogens (tertiary/aromatic N) is 1. The molecule has 0 aliphatic rings. The number of allylic oxidation sites excluding steroid dienone is 2. The molecule has 1 N–H and O–H groups in total. The number of unbranched alkanes of at least 4 members (excludes halogenated alkanes) is 2. The lowest BCUT2D eigenvalue weighted by Gasteiger charge is -2.22. The fourth-order valence-corrected chi connectivity index (χ4v) is 4.54. The van der Waals surface area contributed by atoms with E-state index < -0.39 is 5.43 Å². The first-order valence-electron chi connectivity index (χ1n) is 15.5. The van der Waals surface area contributed by atoms with E-state index in [1.54, 1.807) is 6.07 Å². The minimum atomic E-state index is -0.415. The molecule has 234 valence electrons. The molecule has 43 heavy (non-hydrogen) atoms. The van der Waals surface area contributed by atoms with Gasteiger partial charge in [0.2, 0.25) is 11.2 Å². The Morgan fingerprint density at radius 2 is 1.40 bits per heavy atom. The van der Waals surface area contributed by atoms with Crippen LogP contribution in [-0.4, -0.2) is 49.5 Å². The van der Waals surface area contributed by atoms with Crippen LogP contribution in [0.1, 0.15) is 73.6 Å². The number of phenols is 1. The number of fused-ring (bicyclic) bond motifs is 1. The third kappa shape index (κ3) is 10.5. The maximum atomic E-state index is 13.8. The molecule has 1 heterocycles. The van der Waals surface area contributed by atoms with Gasteiger partial charge in [0.25, 0.3) is 0 Å². The molecule has 3 aromatic rings. The topological polar surface area (TPSA) is 81.4 Å². The second-order valence-corrected chi connectivity index (χ2v) is 11.4. The van der Waals surface area contributed by atoms with E-state index in [0.29, 0.717) is 42.6 Å². The van der Waals surface area contributed by atoms with Crippen LogP contribution in [0.3, 0.4) is 0 Å². The van der Waals surface area contributed by atoms with Gasteiger partial charge in [0.05, 0.1) is 6.61 Å². The molecule has 0 saturated heterocycles. The molecule has 0 amide bonds. The van der Waals surface area contributed by atoms with Gasteiger partial charge >= 0.3 is 0 Å². The molecule has 0 radical (unpaired) electrons. The minimum Gasteiger partial charge on any atom is -0.507 e. The molecular formula is C36H49NO6. The average Bonchev–Trinajstić information content (AvgIpc) is 2.96. The molecular weight excluding hydrogens is 542 g/mol. The monoisotopic (exact) mass is 591 g/mol. The van der Waals surface area contributed by atoms with Gasteiger partial charge in [0.15, 0.2) is 5.76 Å². The summed E-state index contributed by atoms with van der Waals surface area (Å²) in [6, 6.07) is 10.5.